The maximum Gasteiger partial charge on any atom is 0.264 e. The number of carbonyl (C=O) groups excluding carboxylic acids is 2. The van der Waals surface area contributed by atoms with Crippen LogP contribution < -0.4 is 20.1 Å². The molecule has 160 valence electrons. The fraction of sp³-hybridized carbons (Fsp3) is 0.0909. The molecule has 0 aliphatic carbocycles. The monoisotopic (exact) mass is 439 g/mol. The lowest BCUT2D eigenvalue weighted by molar-refractivity contribution is -0.114. The van der Waals surface area contributed by atoms with Crippen LogP contribution >= 0.6 is 0 Å². The maximum absolute atomic E-state index is 13.3. The zero-order chi connectivity index (χ0) is 22.4. The first-order chi connectivity index (χ1) is 14.8. The first-order valence-corrected chi connectivity index (χ1v) is 10.7. The molecule has 0 saturated carbocycles. The molecule has 0 atom stereocenters. The molecule has 9 heteroatoms. The van der Waals surface area contributed by atoms with Crippen molar-refractivity contribution in [2.24, 2.45) is 5.73 Å². The number of nitrogens with two attached hydrogens (primary N) is 1. The second-order valence-electron chi connectivity index (χ2n) is 6.48. The van der Waals surface area contributed by atoms with Gasteiger partial charge in [0.15, 0.2) is 0 Å². The maximum atomic E-state index is 13.3. The second-order valence-corrected chi connectivity index (χ2v) is 8.35. The molecule has 0 heterocycles. The van der Waals surface area contributed by atoms with Gasteiger partial charge in [0, 0.05) is 6.07 Å². The quantitative estimate of drug-likeness (QED) is 0.559. The zero-order valence-electron chi connectivity index (χ0n) is 16.7. The van der Waals surface area contributed by atoms with Crippen molar-refractivity contribution < 1.29 is 22.7 Å². The van der Waals surface area contributed by atoms with Gasteiger partial charge in [-0.05, 0) is 36.4 Å². The third kappa shape index (κ3) is 5.01. The number of benzene rings is 3. The van der Waals surface area contributed by atoms with E-state index < -0.39 is 28.4 Å². The minimum absolute atomic E-state index is 0.0307. The Morgan fingerprint density at radius 2 is 1.65 bits per heavy atom. The number of ether oxygens (including phenoxy) is 1. The highest BCUT2D eigenvalue weighted by Gasteiger charge is 2.27. The minimum atomic E-state index is -4.07. The molecule has 2 amide bonds. The van der Waals surface area contributed by atoms with Gasteiger partial charge < -0.3 is 15.8 Å². The normalized spacial score (nSPS) is 10.9. The van der Waals surface area contributed by atoms with Gasteiger partial charge in [0.25, 0.3) is 15.9 Å². The molecular weight excluding hydrogens is 418 g/mol. The Labute approximate surface area is 180 Å². The van der Waals surface area contributed by atoms with Gasteiger partial charge in [0.1, 0.15) is 12.3 Å². The van der Waals surface area contributed by atoms with Gasteiger partial charge in [-0.1, -0.05) is 36.4 Å². The molecule has 3 aromatic carbocycles. The Balaban J connectivity index is 1.97. The molecule has 0 aromatic heterocycles. The van der Waals surface area contributed by atoms with Crippen molar-refractivity contribution >= 4 is 33.2 Å². The molecule has 31 heavy (non-hydrogen) atoms. The minimum Gasteiger partial charge on any atom is -0.497 e. The Morgan fingerprint density at radius 1 is 0.968 bits per heavy atom. The van der Waals surface area contributed by atoms with E-state index in [4.69, 9.17) is 10.5 Å². The van der Waals surface area contributed by atoms with E-state index >= 15 is 0 Å². The highest BCUT2D eigenvalue weighted by molar-refractivity contribution is 7.92. The Morgan fingerprint density at radius 3 is 2.32 bits per heavy atom. The molecule has 0 saturated heterocycles. The van der Waals surface area contributed by atoms with E-state index in [9.17, 15) is 18.0 Å². The fourth-order valence-corrected chi connectivity index (χ4v) is 4.36. The van der Waals surface area contributed by atoms with Gasteiger partial charge in [0.05, 0.1) is 28.9 Å². The molecule has 3 N–H and O–H groups in total. The molecule has 8 nitrogen and oxygen atoms in total. The van der Waals surface area contributed by atoms with Crippen LogP contribution in [0.5, 0.6) is 5.75 Å². The predicted octanol–water partition coefficient (Wildman–Crippen LogP) is 2.63. The summed E-state index contributed by atoms with van der Waals surface area (Å²) in [5.74, 6) is -0.918. The summed E-state index contributed by atoms with van der Waals surface area (Å²) in [5.41, 5.74) is 5.92. The Hall–Kier alpha value is -3.85. The summed E-state index contributed by atoms with van der Waals surface area (Å²) in [6, 6.07) is 20.4. The molecule has 0 fully saturated rings. The van der Waals surface area contributed by atoms with E-state index in [1.54, 1.807) is 48.5 Å². The number of amides is 2. The first-order valence-electron chi connectivity index (χ1n) is 9.23. The van der Waals surface area contributed by atoms with Crippen molar-refractivity contribution in [2.75, 3.05) is 23.3 Å². The van der Waals surface area contributed by atoms with Gasteiger partial charge in [0.2, 0.25) is 5.91 Å². The Bertz CT molecular complexity index is 1200. The van der Waals surface area contributed by atoms with Crippen LogP contribution in [0.1, 0.15) is 10.4 Å². The summed E-state index contributed by atoms with van der Waals surface area (Å²) in [4.78, 5) is 24.4. The average molecular weight is 439 g/mol. The number of anilines is 2. The van der Waals surface area contributed by atoms with Crippen LogP contribution in [0.25, 0.3) is 0 Å². The molecule has 3 rings (SSSR count). The standard InChI is InChI=1S/C22H21N3O5S/c1-30-17-9-7-8-16(14-17)25(31(28,29)18-10-3-2-4-11-18)15-21(26)24-20-13-6-5-12-19(20)22(23)27/h2-14H,15H2,1H3,(H2,23,27)(H,24,26). The van der Waals surface area contributed by atoms with Crippen LogP contribution in [0.15, 0.2) is 83.8 Å². The van der Waals surface area contributed by atoms with Crippen molar-refractivity contribution in [3.05, 3.63) is 84.4 Å². The van der Waals surface area contributed by atoms with Gasteiger partial charge in [-0.2, -0.15) is 0 Å². The predicted molar refractivity (Wildman–Crippen MR) is 118 cm³/mol. The number of methoxy groups -OCH3 is 1. The van der Waals surface area contributed by atoms with E-state index in [1.807, 2.05) is 0 Å². The summed E-state index contributed by atoms with van der Waals surface area (Å²) in [7, 11) is -2.61. The van der Waals surface area contributed by atoms with Crippen LogP contribution in [-0.2, 0) is 14.8 Å². The van der Waals surface area contributed by atoms with E-state index in [2.05, 4.69) is 5.32 Å². The lowest BCUT2D eigenvalue weighted by atomic mass is 10.1. The number of para-hydroxylation sites is 1. The number of hydrogen-bond donors (Lipinski definition) is 2. The van der Waals surface area contributed by atoms with Crippen LogP contribution in [0.2, 0.25) is 0 Å². The molecule has 0 aliphatic rings. The van der Waals surface area contributed by atoms with Crippen molar-refractivity contribution in [3.8, 4) is 5.75 Å². The number of rotatable bonds is 8. The third-order valence-corrected chi connectivity index (χ3v) is 6.21. The number of sulfonamides is 1. The smallest absolute Gasteiger partial charge is 0.264 e. The number of hydrogen-bond acceptors (Lipinski definition) is 5. The molecule has 0 radical (unpaired) electrons. The van der Waals surface area contributed by atoms with Gasteiger partial charge in [-0.25, -0.2) is 8.42 Å². The van der Waals surface area contributed by atoms with Crippen LogP contribution in [0.3, 0.4) is 0 Å². The highest BCUT2D eigenvalue weighted by Crippen LogP contribution is 2.27. The summed E-state index contributed by atoms with van der Waals surface area (Å²) < 4.78 is 32.8. The fourth-order valence-electron chi connectivity index (χ4n) is 2.93. The number of carbonyl (C=O) groups is 2. The molecule has 3 aromatic rings. The van der Waals surface area contributed by atoms with Crippen molar-refractivity contribution in [1.82, 2.24) is 0 Å². The molecular formula is C22H21N3O5S. The lowest BCUT2D eigenvalue weighted by Crippen LogP contribution is -2.38. The lowest BCUT2D eigenvalue weighted by Gasteiger charge is -2.24. The topological polar surface area (TPSA) is 119 Å². The number of nitrogens with zero attached hydrogens (tertiary/aromatic N) is 1. The summed E-state index contributed by atoms with van der Waals surface area (Å²) in [6.45, 7) is -0.530. The highest BCUT2D eigenvalue weighted by atomic mass is 32.2. The van der Waals surface area contributed by atoms with Gasteiger partial charge >= 0.3 is 0 Å². The molecule has 0 bridgehead atoms. The van der Waals surface area contributed by atoms with E-state index in [1.165, 1.54) is 37.4 Å². The van der Waals surface area contributed by atoms with E-state index in [0.29, 0.717) is 5.75 Å². The van der Waals surface area contributed by atoms with Crippen LogP contribution in [0, 0.1) is 0 Å². The number of nitrogens with one attached hydrogen (secondary N) is 1. The first kappa shape index (κ1) is 21.8. The van der Waals surface area contributed by atoms with Crippen molar-refractivity contribution in [1.29, 1.82) is 0 Å². The van der Waals surface area contributed by atoms with Gasteiger partial charge in [-0.3, -0.25) is 13.9 Å². The van der Waals surface area contributed by atoms with Crippen molar-refractivity contribution in [2.45, 2.75) is 4.90 Å². The van der Waals surface area contributed by atoms with Crippen LogP contribution in [0.4, 0.5) is 11.4 Å². The Kier molecular flexibility index (Phi) is 6.56. The average Bonchev–Trinajstić information content (AvgIpc) is 2.78. The van der Waals surface area contributed by atoms with E-state index in [-0.39, 0.29) is 21.8 Å². The summed E-state index contributed by atoms with van der Waals surface area (Å²) in [5, 5.41) is 2.57. The molecule has 0 unspecified atom stereocenters. The molecule has 0 aliphatic heterocycles. The SMILES string of the molecule is COc1cccc(N(CC(=O)Nc2ccccc2C(N)=O)S(=O)(=O)c2ccccc2)c1. The zero-order valence-corrected chi connectivity index (χ0v) is 17.5. The van der Waals surface area contributed by atoms with E-state index in [0.717, 1.165) is 4.31 Å². The second kappa shape index (κ2) is 9.31. The van der Waals surface area contributed by atoms with Gasteiger partial charge in [-0.15, -0.1) is 0 Å². The summed E-state index contributed by atoms with van der Waals surface area (Å²) >= 11 is 0. The third-order valence-electron chi connectivity index (χ3n) is 4.43. The van der Waals surface area contributed by atoms with Crippen molar-refractivity contribution in [3.63, 3.8) is 0 Å². The van der Waals surface area contributed by atoms with Crippen LogP contribution in [-0.4, -0.2) is 33.9 Å². The number of primary amides is 1. The largest absolute Gasteiger partial charge is 0.497 e. The molecule has 0 spiro atoms. The summed E-state index contributed by atoms with van der Waals surface area (Å²) in [6.07, 6.45) is 0.